The van der Waals surface area contributed by atoms with E-state index in [-0.39, 0.29) is 0 Å². The summed E-state index contributed by atoms with van der Waals surface area (Å²) in [7, 11) is 0. The van der Waals surface area contributed by atoms with Gasteiger partial charge in [0, 0.05) is 25.3 Å². The van der Waals surface area contributed by atoms with Gasteiger partial charge in [-0.15, -0.1) is 0 Å². The summed E-state index contributed by atoms with van der Waals surface area (Å²) in [4.78, 5) is 0. The maximum atomic E-state index is 3.37. The molecule has 0 aliphatic carbocycles. The minimum absolute atomic E-state index is 1.01. The summed E-state index contributed by atoms with van der Waals surface area (Å²) < 4.78 is 0. The second-order valence-corrected chi connectivity index (χ2v) is 2.69. The van der Waals surface area contributed by atoms with Crippen molar-refractivity contribution in [2.45, 2.75) is 6.42 Å². The van der Waals surface area contributed by atoms with Crippen LogP contribution < -0.4 is 10.6 Å². The average Bonchev–Trinajstić information content (AvgIpc) is 2.05. The molecule has 0 aromatic rings. The fourth-order valence-corrected chi connectivity index (χ4v) is 1.43. The molecule has 0 fully saturated rings. The molecule has 2 rings (SSSR count). The van der Waals surface area contributed by atoms with Gasteiger partial charge in [-0.1, -0.05) is 6.08 Å². The molecular formula is C8H12N2. The van der Waals surface area contributed by atoms with Crippen molar-refractivity contribution in [2.24, 2.45) is 0 Å². The van der Waals surface area contributed by atoms with E-state index in [9.17, 15) is 0 Å². The minimum Gasteiger partial charge on any atom is -0.385 e. The second-order valence-electron chi connectivity index (χ2n) is 2.69. The molecule has 0 aromatic carbocycles. The van der Waals surface area contributed by atoms with Crippen LogP contribution in [-0.2, 0) is 0 Å². The summed E-state index contributed by atoms with van der Waals surface area (Å²) in [5.41, 5.74) is 2.79. The van der Waals surface area contributed by atoms with Crippen LogP contribution in [0.3, 0.4) is 0 Å². The van der Waals surface area contributed by atoms with Crippen molar-refractivity contribution in [1.29, 1.82) is 0 Å². The summed E-state index contributed by atoms with van der Waals surface area (Å²) in [6.45, 7) is 3.16. The van der Waals surface area contributed by atoms with Gasteiger partial charge in [0.2, 0.25) is 0 Å². The van der Waals surface area contributed by atoms with E-state index in [4.69, 9.17) is 0 Å². The van der Waals surface area contributed by atoms with Crippen molar-refractivity contribution in [3.8, 4) is 0 Å². The fraction of sp³-hybridized carbons (Fsp3) is 0.500. The number of fused-ring (bicyclic) bond motifs is 1. The highest BCUT2D eigenvalue weighted by molar-refractivity contribution is 5.35. The van der Waals surface area contributed by atoms with E-state index < -0.39 is 0 Å². The van der Waals surface area contributed by atoms with Crippen LogP contribution in [0.4, 0.5) is 0 Å². The van der Waals surface area contributed by atoms with E-state index in [1.165, 1.54) is 17.7 Å². The summed E-state index contributed by atoms with van der Waals surface area (Å²) >= 11 is 0. The van der Waals surface area contributed by atoms with Crippen LogP contribution in [0.15, 0.2) is 23.4 Å². The Balaban J connectivity index is 2.25. The largest absolute Gasteiger partial charge is 0.385 e. The lowest BCUT2D eigenvalue weighted by atomic mass is 10.0. The molecule has 2 heterocycles. The topological polar surface area (TPSA) is 24.1 Å². The van der Waals surface area contributed by atoms with Crippen LogP contribution in [0.25, 0.3) is 0 Å². The predicted octanol–water partition coefficient (Wildman–Crippen LogP) is 0.393. The van der Waals surface area contributed by atoms with Crippen LogP contribution in [0, 0.1) is 0 Å². The van der Waals surface area contributed by atoms with Crippen molar-refractivity contribution < 1.29 is 0 Å². The Kier molecular flexibility index (Phi) is 1.47. The Labute approximate surface area is 61.0 Å². The number of rotatable bonds is 0. The highest BCUT2D eigenvalue weighted by atomic mass is 14.9. The number of nitrogens with one attached hydrogen (secondary N) is 2. The lowest BCUT2D eigenvalue weighted by Gasteiger charge is -2.23. The summed E-state index contributed by atoms with van der Waals surface area (Å²) in [6, 6.07) is 0. The van der Waals surface area contributed by atoms with E-state index in [0.29, 0.717) is 0 Å². The van der Waals surface area contributed by atoms with Gasteiger partial charge in [0.05, 0.1) is 0 Å². The third-order valence-corrected chi connectivity index (χ3v) is 1.96. The van der Waals surface area contributed by atoms with Crippen LogP contribution >= 0.6 is 0 Å². The molecule has 0 amide bonds. The van der Waals surface area contributed by atoms with Crippen molar-refractivity contribution in [3.05, 3.63) is 23.4 Å². The van der Waals surface area contributed by atoms with Crippen molar-refractivity contribution in [1.82, 2.24) is 10.6 Å². The van der Waals surface area contributed by atoms with Gasteiger partial charge in [-0.3, -0.25) is 0 Å². The Morgan fingerprint density at radius 1 is 1.30 bits per heavy atom. The van der Waals surface area contributed by atoms with E-state index in [1.54, 1.807) is 0 Å². The summed E-state index contributed by atoms with van der Waals surface area (Å²) in [6.07, 6.45) is 5.71. The zero-order chi connectivity index (χ0) is 6.81. The molecule has 2 N–H and O–H groups in total. The van der Waals surface area contributed by atoms with E-state index in [1.807, 2.05) is 0 Å². The molecule has 2 aliphatic rings. The first kappa shape index (κ1) is 5.98. The van der Waals surface area contributed by atoms with Gasteiger partial charge in [0.1, 0.15) is 0 Å². The zero-order valence-electron chi connectivity index (χ0n) is 5.98. The SMILES string of the molecule is C1=C2CNCC=C2NCC1. The van der Waals surface area contributed by atoms with E-state index in [2.05, 4.69) is 22.8 Å². The first-order valence-electron chi connectivity index (χ1n) is 3.81. The van der Waals surface area contributed by atoms with Crippen molar-refractivity contribution in [2.75, 3.05) is 19.6 Å². The molecular weight excluding hydrogens is 124 g/mol. The lowest BCUT2D eigenvalue weighted by molar-refractivity contribution is 0.696. The highest BCUT2D eigenvalue weighted by Gasteiger charge is 2.10. The van der Waals surface area contributed by atoms with Gasteiger partial charge in [-0.25, -0.2) is 0 Å². The number of hydrogen-bond donors (Lipinski definition) is 2. The molecule has 2 nitrogen and oxygen atoms in total. The van der Waals surface area contributed by atoms with Gasteiger partial charge < -0.3 is 10.6 Å². The monoisotopic (exact) mass is 136 g/mol. The molecule has 2 aliphatic heterocycles. The van der Waals surface area contributed by atoms with Gasteiger partial charge >= 0.3 is 0 Å². The molecule has 0 saturated heterocycles. The molecule has 0 unspecified atom stereocenters. The molecule has 2 heteroatoms. The molecule has 54 valence electrons. The van der Waals surface area contributed by atoms with Gasteiger partial charge in [-0.2, -0.15) is 0 Å². The minimum atomic E-state index is 1.01. The normalized spacial score (nSPS) is 24.0. The average molecular weight is 136 g/mol. The van der Waals surface area contributed by atoms with Crippen LogP contribution in [0.2, 0.25) is 0 Å². The molecule has 0 spiro atoms. The molecule has 0 radical (unpaired) electrons. The highest BCUT2D eigenvalue weighted by Crippen LogP contribution is 2.13. The third kappa shape index (κ3) is 0.948. The first-order chi connectivity index (χ1) is 4.97. The van der Waals surface area contributed by atoms with Crippen LogP contribution in [0.1, 0.15) is 6.42 Å². The maximum Gasteiger partial charge on any atom is 0.0354 e. The molecule has 0 aromatic heterocycles. The fourth-order valence-electron chi connectivity index (χ4n) is 1.43. The maximum absolute atomic E-state index is 3.37. The Morgan fingerprint density at radius 2 is 2.30 bits per heavy atom. The second kappa shape index (κ2) is 2.46. The Morgan fingerprint density at radius 3 is 3.20 bits per heavy atom. The van der Waals surface area contributed by atoms with Gasteiger partial charge in [0.15, 0.2) is 0 Å². The standard InChI is InChI=1S/C8H12N2/c1-2-7-6-9-5-3-8(7)10-4-1/h2-3,9-10H,1,4-6H2. The molecule has 0 atom stereocenters. The molecule has 0 bridgehead atoms. The van der Waals surface area contributed by atoms with Crippen LogP contribution in [-0.4, -0.2) is 19.6 Å². The molecule has 10 heavy (non-hydrogen) atoms. The third-order valence-electron chi connectivity index (χ3n) is 1.96. The molecule has 0 saturated carbocycles. The summed E-state index contributed by atoms with van der Waals surface area (Å²) in [5.74, 6) is 0. The number of hydrogen-bond acceptors (Lipinski definition) is 2. The van der Waals surface area contributed by atoms with Gasteiger partial charge in [-0.05, 0) is 18.1 Å². The first-order valence-corrected chi connectivity index (χ1v) is 3.81. The van der Waals surface area contributed by atoms with E-state index >= 15 is 0 Å². The van der Waals surface area contributed by atoms with Crippen molar-refractivity contribution >= 4 is 0 Å². The predicted molar refractivity (Wildman–Crippen MR) is 41.7 cm³/mol. The zero-order valence-corrected chi connectivity index (χ0v) is 5.98. The summed E-state index contributed by atoms with van der Waals surface area (Å²) in [5, 5.41) is 6.67. The Bertz CT molecular complexity index is 169. The Hall–Kier alpha value is -0.760. The van der Waals surface area contributed by atoms with Gasteiger partial charge in [0.25, 0.3) is 0 Å². The smallest absolute Gasteiger partial charge is 0.0354 e. The lowest BCUT2D eigenvalue weighted by Crippen LogP contribution is -2.31. The van der Waals surface area contributed by atoms with Crippen molar-refractivity contribution in [3.63, 3.8) is 0 Å². The van der Waals surface area contributed by atoms with Crippen LogP contribution in [0.5, 0.6) is 0 Å². The van der Waals surface area contributed by atoms with E-state index in [0.717, 1.165) is 19.6 Å². The quantitative estimate of drug-likeness (QED) is 0.503.